The number of primary amides is 1. The monoisotopic (exact) mass is 344 g/mol. The average Bonchev–Trinajstić information content (AvgIpc) is 3.07. The van der Waals surface area contributed by atoms with Crippen molar-refractivity contribution in [3.63, 3.8) is 0 Å². The van der Waals surface area contributed by atoms with Crippen molar-refractivity contribution in [3.8, 4) is 23.0 Å². The van der Waals surface area contributed by atoms with Crippen molar-refractivity contribution in [1.82, 2.24) is 0 Å². The first kappa shape index (κ1) is 16.4. The second kappa shape index (κ2) is 7.00. The van der Waals surface area contributed by atoms with Crippen LogP contribution in [-0.2, 0) is 4.79 Å². The molecule has 1 aliphatic heterocycles. The largest absolute Gasteiger partial charge is 0.493 e. The van der Waals surface area contributed by atoms with Crippen molar-refractivity contribution in [2.75, 3.05) is 25.8 Å². The van der Waals surface area contributed by atoms with Crippen LogP contribution < -0.4 is 30.0 Å². The summed E-state index contributed by atoms with van der Waals surface area (Å²) < 4.78 is 21.1. The lowest BCUT2D eigenvalue weighted by Gasteiger charge is -2.13. The Morgan fingerprint density at radius 1 is 1.20 bits per heavy atom. The zero-order valence-corrected chi connectivity index (χ0v) is 13.4. The van der Waals surface area contributed by atoms with Crippen molar-refractivity contribution < 1.29 is 28.5 Å². The Balaban J connectivity index is 1.67. The minimum absolute atomic E-state index is 0.123. The SMILES string of the molecule is COc1cccc(C(N)=O)c1OCC(=O)Nc1ccc2c(c1)OCO2. The van der Waals surface area contributed by atoms with Crippen LogP contribution in [0, 0.1) is 0 Å². The van der Waals surface area contributed by atoms with Gasteiger partial charge in [0.25, 0.3) is 11.8 Å². The fourth-order valence-corrected chi connectivity index (χ4v) is 2.33. The molecule has 2 amide bonds. The smallest absolute Gasteiger partial charge is 0.262 e. The van der Waals surface area contributed by atoms with Crippen LogP contribution >= 0.6 is 0 Å². The van der Waals surface area contributed by atoms with E-state index in [4.69, 9.17) is 24.7 Å². The molecule has 0 bridgehead atoms. The van der Waals surface area contributed by atoms with Crippen LogP contribution in [0.2, 0.25) is 0 Å². The molecule has 8 nitrogen and oxygen atoms in total. The van der Waals surface area contributed by atoms with E-state index in [0.29, 0.717) is 22.9 Å². The molecule has 25 heavy (non-hydrogen) atoms. The molecule has 2 aromatic carbocycles. The standard InChI is InChI=1S/C17H16N2O6/c1-22-13-4-2-3-11(17(18)21)16(13)23-8-15(20)19-10-5-6-12-14(7-10)25-9-24-12/h2-7H,8-9H2,1H3,(H2,18,21)(H,19,20). The molecule has 0 saturated heterocycles. The Hall–Kier alpha value is -3.42. The Bertz CT molecular complexity index is 821. The molecule has 0 aliphatic carbocycles. The number of para-hydroxylation sites is 1. The van der Waals surface area contributed by atoms with E-state index in [0.717, 1.165) is 0 Å². The summed E-state index contributed by atoms with van der Waals surface area (Å²) in [6.45, 7) is -0.172. The molecule has 1 heterocycles. The van der Waals surface area contributed by atoms with Gasteiger partial charge < -0.3 is 30.0 Å². The molecule has 0 atom stereocenters. The van der Waals surface area contributed by atoms with E-state index in [2.05, 4.69) is 5.32 Å². The summed E-state index contributed by atoms with van der Waals surface area (Å²) in [5.74, 6) is 0.518. The Labute approximate surface area is 143 Å². The van der Waals surface area contributed by atoms with E-state index in [1.807, 2.05) is 0 Å². The molecule has 0 unspecified atom stereocenters. The van der Waals surface area contributed by atoms with Crippen LogP contribution in [-0.4, -0.2) is 32.3 Å². The third-order valence-electron chi connectivity index (χ3n) is 3.47. The van der Waals surface area contributed by atoms with Gasteiger partial charge in [-0.05, 0) is 24.3 Å². The highest BCUT2D eigenvalue weighted by Gasteiger charge is 2.17. The van der Waals surface area contributed by atoms with Crippen LogP contribution in [0.1, 0.15) is 10.4 Å². The first-order valence-corrected chi connectivity index (χ1v) is 7.37. The number of nitrogens with one attached hydrogen (secondary N) is 1. The maximum Gasteiger partial charge on any atom is 0.262 e. The molecule has 0 saturated carbocycles. The summed E-state index contributed by atoms with van der Waals surface area (Å²) in [6, 6.07) is 9.75. The van der Waals surface area contributed by atoms with Gasteiger partial charge in [-0.1, -0.05) is 6.07 Å². The number of hydrogen-bond donors (Lipinski definition) is 2. The number of carbonyl (C=O) groups excluding carboxylic acids is 2. The topological polar surface area (TPSA) is 109 Å². The molecule has 0 aromatic heterocycles. The second-order valence-electron chi connectivity index (χ2n) is 5.11. The highest BCUT2D eigenvalue weighted by atomic mass is 16.7. The van der Waals surface area contributed by atoms with Gasteiger partial charge in [0.15, 0.2) is 29.6 Å². The van der Waals surface area contributed by atoms with Crippen LogP contribution in [0.25, 0.3) is 0 Å². The van der Waals surface area contributed by atoms with E-state index in [1.165, 1.54) is 13.2 Å². The normalized spacial score (nSPS) is 11.7. The van der Waals surface area contributed by atoms with Gasteiger partial charge in [0, 0.05) is 11.8 Å². The minimum atomic E-state index is -0.676. The average molecular weight is 344 g/mol. The highest BCUT2D eigenvalue weighted by Crippen LogP contribution is 2.34. The Kier molecular flexibility index (Phi) is 4.60. The van der Waals surface area contributed by atoms with Crippen molar-refractivity contribution in [1.29, 1.82) is 0 Å². The number of anilines is 1. The summed E-state index contributed by atoms with van der Waals surface area (Å²) in [4.78, 5) is 23.6. The fraction of sp³-hybridized carbons (Fsp3) is 0.176. The van der Waals surface area contributed by atoms with E-state index in [9.17, 15) is 9.59 Å². The maximum atomic E-state index is 12.1. The van der Waals surface area contributed by atoms with Gasteiger partial charge in [0.05, 0.1) is 12.7 Å². The van der Waals surface area contributed by atoms with Gasteiger partial charge in [0.2, 0.25) is 6.79 Å². The third-order valence-corrected chi connectivity index (χ3v) is 3.47. The predicted octanol–water partition coefficient (Wildman–Crippen LogP) is 1.54. The van der Waals surface area contributed by atoms with Crippen LogP contribution in [0.3, 0.4) is 0 Å². The Morgan fingerprint density at radius 2 is 2.00 bits per heavy atom. The molecule has 130 valence electrons. The molecule has 0 radical (unpaired) electrons. The molecule has 3 N–H and O–H groups in total. The molecule has 1 aliphatic rings. The van der Waals surface area contributed by atoms with E-state index in [-0.39, 0.29) is 24.7 Å². The molecule has 2 aromatic rings. The van der Waals surface area contributed by atoms with Gasteiger partial charge in [-0.3, -0.25) is 9.59 Å². The van der Waals surface area contributed by atoms with Gasteiger partial charge in [0.1, 0.15) is 0 Å². The van der Waals surface area contributed by atoms with Gasteiger partial charge in [-0.2, -0.15) is 0 Å². The Morgan fingerprint density at radius 3 is 2.76 bits per heavy atom. The molecule has 0 fully saturated rings. The third kappa shape index (κ3) is 3.57. The second-order valence-corrected chi connectivity index (χ2v) is 5.11. The fourth-order valence-electron chi connectivity index (χ4n) is 2.33. The first-order valence-electron chi connectivity index (χ1n) is 7.37. The first-order chi connectivity index (χ1) is 12.1. The number of amides is 2. The van der Waals surface area contributed by atoms with Crippen LogP contribution in [0.15, 0.2) is 36.4 Å². The highest BCUT2D eigenvalue weighted by molar-refractivity contribution is 5.97. The summed E-state index contributed by atoms with van der Waals surface area (Å²) in [6.07, 6.45) is 0. The number of rotatable bonds is 6. The van der Waals surface area contributed by atoms with Crippen LogP contribution in [0.4, 0.5) is 5.69 Å². The van der Waals surface area contributed by atoms with Crippen molar-refractivity contribution in [2.24, 2.45) is 5.73 Å². The number of benzene rings is 2. The summed E-state index contributed by atoms with van der Waals surface area (Å²) >= 11 is 0. The lowest BCUT2D eigenvalue weighted by Crippen LogP contribution is -2.22. The van der Waals surface area contributed by atoms with Crippen molar-refractivity contribution in [2.45, 2.75) is 0 Å². The van der Waals surface area contributed by atoms with Crippen molar-refractivity contribution in [3.05, 3.63) is 42.0 Å². The molecule has 8 heteroatoms. The molecule has 0 spiro atoms. The zero-order chi connectivity index (χ0) is 17.8. The number of carbonyl (C=O) groups is 2. The zero-order valence-electron chi connectivity index (χ0n) is 13.4. The molecule has 3 rings (SSSR count). The summed E-state index contributed by atoms with van der Waals surface area (Å²) in [5.41, 5.74) is 5.99. The van der Waals surface area contributed by atoms with E-state index >= 15 is 0 Å². The van der Waals surface area contributed by atoms with E-state index < -0.39 is 11.8 Å². The van der Waals surface area contributed by atoms with E-state index in [1.54, 1.807) is 30.3 Å². The summed E-state index contributed by atoms with van der Waals surface area (Å²) in [7, 11) is 1.43. The van der Waals surface area contributed by atoms with Gasteiger partial charge in [-0.15, -0.1) is 0 Å². The number of nitrogens with two attached hydrogens (primary N) is 1. The van der Waals surface area contributed by atoms with Gasteiger partial charge >= 0.3 is 0 Å². The summed E-state index contributed by atoms with van der Waals surface area (Å²) in [5, 5.41) is 2.67. The lowest BCUT2D eigenvalue weighted by molar-refractivity contribution is -0.118. The predicted molar refractivity (Wildman–Crippen MR) is 88.2 cm³/mol. The lowest BCUT2D eigenvalue weighted by atomic mass is 10.2. The maximum absolute atomic E-state index is 12.1. The number of hydrogen-bond acceptors (Lipinski definition) is 6. The van der Waals surface area contributed by atoms with Gasteiger partial charge in [-0.25, -0.2) is 0 Å². The molecular formula is C17H16N2O6. The molecular weight excluding hydrogens is 328 g/mol. The minimum Gasteiger partial charge on any atom is -0.493 e. The van der Waals surface area contributed by atoms with Crippen LogP contribution in [0.5, 0.6) is 23.0 Å². The number of ether oxygens (including phenoxy) is 4. The number of methoxy groups -OCH3 is 1. The number of fused-ring (bicyclic) bond motifs is 1. The van der Waals surface area contributed by atoms with Crippen molar-refractivity contribution >= 4 is 17.5 Å². The quantitative estimate of drug-likeness (QED) is 0.823.